The number of benzene rings is 4. The number of ketones is 1. The van der Waals surface area contributed by atoms with Crippen molar-refractivity contribution in [1.29, 1.82) is 0 Å². The van der Waals surface area contributed by atoms with Gasteiger partial charge in [-0.15, -0.1) is 0 Å². The summed E-state index contributed by atoms with van der Waals surface area (Å²) in [4.78, 5) is 37.9. The number of aryl methyl sites for hydroxylation is 2. The second-order valence-electron chi connectivity index (χ2n) is 8.87. The van der Waals surface area contributed by atoms with Gasteiger partial charge in [0.2, 0.25) is 0 Å². The molecule has 4 aromatic rings. The van der Waals surface area contributed by atoms with Crippen molar-refractivity contribution in [1.82, 2.24) is 0 Å². The number of halogens is 1. The smallest absolute Gasteiger partial charge is 0.339 e. The first-order valence-electron chi connectivity index (χ1n) is 12.0. The fourth-order valence-electron chi connectivity index (χ4n) is 3.62. The lowest BCUT2D eigenvalue weighted by Crippen LogP contribution is -2.16. The van der Waals surface area contributed by atoms with Gasteiger partial charge in [-0.25, -0.2) is 4.79 Å². The summed E-state index contributed by atoms with van der Waals surface area (Å²) in [5.74, 6) is -1.61. The zero-order valence-electron chi connectivity index (χ0n) is 21.5. The van der Waals surface area contributed by atoms with Gasteiger partial charge in [-0.05, 0) is 86.1 Å². The Morgan fingerprint density at radius 1 is 0.825 bits per heavy atom. The van der Waals surface area contributed by atoms with Crippen LogP contribution in [0.4, 0.5) is 5.69 Å². The molecule has 0 bridgehead atoms. The SMILES string of the molecule is Cc1ccc(S(=O)(=O)Oc2ccc(C(=O)COC(=O)c3cc(NC(=O)c4cccc(Cl)c4)ccc3C)cc2)cc1. The summed E-state index contributed by atoms with van der Waals surface area (Å²) in [5, 5.41) is 3.12. The van der Waals surface area contributed by atoms with E-state index in [4.69, 9.17) is 20.5 Å². The maximum Gasteiger partial charge on any atom is 0.339 e. The molecule has 4 aromatic carbocycles. The minimum Gasteiger partial charge on any atom is -0.454 e. The van der Waals surface area contributed by atoms with Crippen LogP contribution in [0.5, 0.6) is 5.75 Å². The third-order valence-electron chi connectivity index (χ3n) is 5.83. The number of amides is 1. The van der Waals surface area contributed by atoms with E-state index in [1.54, 1.807) is 49.4 Å². The summed E-state index contributed by atoms with van der Waals surface area (Å²) >= 11 is 5.95. The van der Waals surface area contributed by atoms with Gasteiger partial charge in [-0.2, -0.15) is 8.42 Å². The third kappa shape index (κ3) is 7.13. The third-order valence-corrected chi connectivity index (χ3v) is 7.32. The largest absolute Gasteiger partial charge is 0.454 e. The van der Waals surface area contributed by atoms with E-state index in [0.29, 0.717) is 21.8 Å². The maximum absolute atomic E-state index is 12.7. The fourth-order valence-corrected chi connectivity index (χ4v) is 4.74. The van der Waals surface area contributed by atoms with Crippen LogP contribution in [-0.2, 0) is 14.9 Å². The second kappa shape index (κ2) is 12.1. The van der Waals surface area contributed by atoms with Gasteiger partial charge in [0.15, 0.2) is 12.4 Å². The van der Waals surface area contributed by atoms with E-state index in [1.807, 2.05) is 6.92 Å². The molecule has 0 aliphatic carbocycles. The van der Waals surface area contributed by atoms with Gasteiger partial charge in [0.25, 0.3) is 5.91 Å². The molecule has 0 saturated heterocycles. The van der Waals surface area contributed by atoms with Gasteiger partial charge in [0, 0.05) is 21.8 Å². The van der Waals surface area contributed by atoms with Gasteiger partial charge in [0.05, 0.1) is 5.56 Å². The van der Waals surface area contributed by atoms with Gasteiger partial charge >= 0.3 is 16.1 Å². The summed E-state index contributed by atoms with van der Waals surface area (Å²) in [5.41, 5.74) is 2.60. The molecule has 204 valence electrons. The first-order valence-corrected chi connectivity index (χ1v) is 13.8. The monoisotopic (exact) mass is 577 g/mol. The van der Waals surface area contributed by atoms with Crippen LogP contribution < -0.4 is 9.50 Å². The van der Waals surface area contributed by atoms with E-state index in [0.717, 1.165) is 5.56 Å². The lowest BCUT2D eigenvalue weighted by molar-refractivity contribution is 0.0474. The highest BCUT2D eigenvalue weighted by Crippen LogP contribution is 2.21. The summed E-state index contributed by atoms with van der Waals surface area (Å²) in [6.07, 6.45) is 0. The average Bonchev–Trinajstić information content (AvgIpc) is 2.93. The first kappa shape index (κ1) is 28.5. The zero-order chi connectivity index (χ0) is 28.9. The predicted octanol–water partition coefficient (Wildman–Crippen LogP) is 6.02. The molecule has 1 amide bonds. The second-order valence-corrected chi connectivity index (χ2v) is 10.9. The quantitative estimate of drug-likeness (QED) is 0.147. The topological polar surface area (TPSA) is 116 Å². The molecule has 0 spiro atoms. The maximum atomic E-state index is 12.7. The van der Waals surface area contributed by atoms with E-state index < -0.39 is 34.4 Å². The Labute approximate surface area is 236 Å². The Balaban J connectivity index is 1.36. The molecule has 8 nitrogen and oxygen atoms in total. The number of ether oxygens (including phenoxy) is 1. The van der Waals surface area contributed by atoms with Crippen molar-refractivity contribution < 1.29 is 31.7 Å². The molecule has 0 aromatic heterocycles. The van der Waals surface area contributed by atoms with Crippen molar-refractivity contribution in [3.63, 3.8) is 0 Å². The van der Waals surface area contributed by atoms with Crippen LogP contribution in [0.1, 0.15) is 42.2 Å². The van der Waals surface area contributed by atoms with E-state index in [9.17, 15) is 22.8 Å². The summed E-state index contributed by atoms with van der Waals surface area (Å²) in [6.45, 7) is 3.00. The van der Waals surface area contributed by atoms with Gasteiger partial charge < -0.3 is 14.2 Å². The van der Waals surface area contributed by atoms with E-state index in [-0.39, 0.29) is 21.8 Å². The van der Waals surface area contributed by atoms with Crippen LogP contribution in [-0.4, -0.2) is 32.7 Å². The Morgan fingerprint density at radius 2 is 1.52 bits per heavy atom. The molecule has 0 aliphatic heterocycles. The van der Waals surface area contributed by atoms with E-state index >= 15 is 0 Å². The standard InChI is InChI=1S/C30H24ClNO7S/c1-19-6-14-26(15-7-19)40(36,37)39-25-12-9-21(10-13-25)28(33)18-38-30(35)27-17-24(11-8-20(27)2)32-29(34)22-4-3-5-23(31)16-22/h3-17H,18H2,1-2H3,(H,32,34). The molecule has 0 heterocycles. The lowest BCUT2D eigenvalue weighted by atomic mass is 10.1. The van der Waals surface area contributed by atoms with Crippen molar-refractivity contribution in [2.45, 2.75) is 18.7 Å². The highest BCUT2D eigenvalue weighted by molar-refractivity contribution is 7.87. The number of carbonyl (C=O) groups is 3. The number of esters is 1. The average molecular weight is 578 g/mol. The molecule has 0 unspecified atom stereocenters. The highest BCUT2D eigenvalue weighted by Gasteiger charge is 2.18. The van der Waals surface area contributed by atoms with Crippen molar-refractivity contribution in [2.75, 3.05) is 11.9 Å². The van der Waals surface area contributed by atoms with Crippen molar-refractivity contribution in [3.05, 3.63) is 124 Å². The molecule has 10 heteroatoms. The fraction of sp³-hybridized carbons (Fsp3) is 0.100. The highest BCUT2D eigenvalue weighted by atomic mass is 35.5. The number of carbonyl (C=O) groups excluding carboxylic acids is 3. The van der Waals surface area contributed by atoms with Crippen LogP contribution in [0, 0.1) is 13.8 Å². The van der Waals surface area contributed by atoms with Gasteiger partial charge in [-0.3, -0.25) is 9.59 Å². The summed E-state index contributed by atoms with van der Waals surface area (Å²) < 4.78 is 35.3. The molecular formula is C30H24ClNO7S. The number of Topliss-reactive ketones (excluding diaryl/α,β-unsaturated/α-hetero) is 1. The zero-order valence-corrected chi connectivity index (χ0v) is 23.1. The minimum atomic E-state index is -4.03. The molecule has 0 atom stereocenters. The predicted molar refractivity (Wildman–Crippen MR) is 151 cm³/mol. The molecule has 0 saturated carbocycles. The Morgan fingerprint density at radius 3 is 2.20 bits per heavy atom. The first-order chi connectivity index (χ1) is 19.0. The molecule has 0 radical (unpaired) electrons. The van der Waals surface area contributed by atoms with Crippen LogP contribution in [0.25, 0.3) is 0 Å². The van der Waals surface area contributed by atoms with Crippen LogP contribution >= 0.6 is 11.6 Å². The number of anilines is 1. The van der Waals surface area contributed by atoms with Crippen molar-refractivity contribution >= 4 is 45.1 Å². The molecule has 0 aliphatic rings. The number of nitrogens with one attached hydrogen (secondary N) is 1. The Bertz CT molecular complexity index is 1680. The molecule has 40 heavy (non-hydrogen) atoms. The Kier molecular flexibility index (Phi) is 8.67. The molecule has 1 N–H and O–H groups in total. The summed E-state index contributed by atoms with van der Waals surface area (Å²) in [6, 6.07) is 22.9. The number of rotatable bonds is 9. The van der Waals surface area contributed by atoms with Crippen LogP contribution in [0.3, 0.4) is 0 Å². The Hall–Kier alpha value is -4.47. The lowest BCUT2D eigenvalue weighted by Gasteiger charge is -2.11. The minimum absolute atomic E-state index is 0.00792. The van der Waals surface area contributed by atoms with Crippen molar-refractivity contribution in [3.8, 4) is 5.75 Å². The van der Waals surface area contributed by atoms with Gasteiger partial charge in [0.1, 0.15) is 10.6 Å². The number of hydrogen-bond acceptors (Lipinski definition) is 7. The summed E-state index contributed by atoms with van der Waals surface area (Å²) in [7, 11) is -4.03. The normalized spacial score (nSPS) is 11.0. The molecular weight excluding hydrogens is 554 g/mol. The van der Waals surface area contributed by atoms with Crippen LogP contribution in [0.15, 0.2) is 95.9 Å². The van der Waals surface area contributed by atoms with Crippen LogP contribution in [0.2, 0.25) is 5.02 Å². The van der Waals surface area contributed by atoms with E-state index in [2.05, 4.69) is 5.32 Å². The molecule has 4 rings (SSSR count). The number of hydrogen-bond donors (Lipinski definition) is 1. The molecule has 0 fully saturated rings. The van der Waals surface area contributed by atoms with E-state index in [1.165, 1.54) is 48.5 Å². The van der Waals surface area contributed by atoms with Crippen molar-refractivity contribution in [2.24, 2.45) is 0 Å². The van der Waals surface area contributed by atoms with Gasteiger partial charge in [-0.1, -0.05) is 41.4 Å².